The van der Waals surface area contributed by atoms with Crippen molar-refractivity contribution in [1.82, 2.24) is 5.32 Å². The maximum atomic E-state index is 13.0. The highest BCUT2D eigenvalue weighted by molar-refractivity contribution is 7.99. The van der Waals surface area contributed by atoms with E-state index in [1.807, 2.05) is 6.07 Å². The molecule has 1 aromatic carbocycles. The Labute approximate surface area is 185 Å². The number of thioether (sulfide) groups is 1. The molecule has 1 unspecified atom stereocenters. The summed E-state index contributed by atoms with van der Waals surface area (Å²) in [5.41, 5.74) is 7.02. The molecule has 0 saturated carbocycles. The van der Waals surface area contributed by atoms with Crippen LogP contribution >= 0.6 is 23.4 Å². The number of halogens is 1. The molecule has 160 valence electrons. The number of rotatable bonds is 9. The molecule has 0 spiro atoms. The van der Waals surface area contributed by atoms with Gasteiger partial charge in [-0.05, 0) is 31.5 Å². The summed E-state index contributed by atoms with van der Waals surface area (Å²) < 4.78 is 10.5. The first-order chi connectivity index (χ1) is 14.5. The zero-order valence-corrected chi connectivity index (χ0v) is 18.4. The van der Waals surface area contributed by atoms with Gasteiger partial charge in [-0.15, -0.1) is 0 Å². The smallest absolute Gasteiger partial charge is 0.337 e. The lowest BCUT2D eigenvalue weighted by atomic mass is 9.80. The van der Waals surface area contributed by atoms with Crippen molar-refractivity contribution in [3.8, 4) is 6.07 Å². The van der Waals surface area contributed by atoms with Crippen molar-refractivity contribution in [2.45, 2.75) is 19.8 Å². The Bertz CT molecular complexity index is 908. The van der Waals surface area contributed by atoms with Crippen LogP contribution < -0.4 is 11.1 Å². The van der Waals surface area contributed by atoms with Gasteiger partial charge in [0, 0.05) is 28.8 Å². The monoisotopic (exact) mass is 449 g/mol. The molecule has 0 aromatic heterocycles. The first-order valence-corrected chi connectivity index (χ1v) is 11.0. The molecular formula is C21H24ClN3O4S. The lowest BCUT2D eigenvalue weighted by molar-refractivity contribution is -0.139. The van der Waals surface area contributed by atoms with Crippen molar-refractivity contribution >= 4 is 35.3 Å². The van der Waals surface area contributed by atoms with E-state index in [0.717, 1.165) is 0 Å². The molecule has 1 heterocycles. The lowest BCUT2D eigenvalue weighted by Gasteiger charge is -2.30. The fraction of sp³-hybridized carbons (Fsp3) is 0.381. The number of nitrogens with one attached hydrogen (secondary N) is 1. The molecule has 0 fully saturated rings. The van der Waals surface area contributed by atoms with E-state index in [9.17, 15) is 14.9 Å². The van der Waals surface area contributed by atoms with Gasteiger partial charge in [-0.3, -0.25) is 0 Å². The molecule has 1 aliphatic rings. The second-order valence-corrected chi connectivity index (χ2v) is 7.73. The van der Waals surface area contributed by atoms with Crippen molar-refractivity contribution in [2.24, 2.45) is 5.73 Å². The number of esters is 2. The zero-order chi connectivity index (χ0) is 22.1. The van der Waals surface area contributed by atoms with Gasteiger partial charge in [0.05, 0.1) is 30.3 Å². The molecular weight excluding hydrogens is 426 g/mol. The van der Waals surface area contributed by atoms with Crippen molar-refractivity contribution in [3.63, 3.8) is 0 Å². The van der Waals surface area contributed by atoms with Crippen LogP contribution in [-0.4, -0.2) is 43.2 Å². The second-order valence-electron chi connectivity index (χ2n) is 6.19. The summed E-state index contributed by atoms with van der Waals surface area (Å²) >= 11 is 7.69. The van der Waals surface area contributed by atoms with Crippen LogP contribution in [0.4, 0.5) is 0 Å². The number of carbonyl (C=O) groups is 2. The number of hydrogen-bond acceptors (Lipinski definition) is 8. The van der Waals surface area contributed by atoms with E-state index in [1.54, 1.807) is 38.1 Å². The topological polar surface area (TPSA) is 114 Å². The number of dihydropyridines is 1. The van der Waals surface area contributed by atoms with Crippen molar-refractivity contribution in [2.75, 3.05) is 31.3 Å². The van der Waals surface area contributed by atoms with Crippen molar-refractivity contribution in [3.05, 3.63) is 57.4 Å². The predicted molar refractivity (Wildman–Crippen MR) is 117 cm³/mol. The summed E-state index contributed by atoms with van der Waals surface area (Å²) in [6, 6.07) is 8.86. The SMILES string of the molecule is CCOC(=O)C1=C(C#N)NC(CSCCN)=C(C(=O)OCC)C1c1cccc(Cl)c1. The number of ether oxygens (including phenoxy) is 2. The van der Waals surface area contributed by atoms with Gasteiger partial charge in [-0.2, -0.15) is 17.0 Å². The molecule has 9 heteroatoms. The van der Waals surface area contributed by atoms with E-state index in [1.165, 1.54) is 11.8 Å². The average molecular weight is 450 g/mol. The minimum Gasteiger partial charge on any atom is -0.463 e. The van der Waals surface area contributed by atoms with E-state index < -0.39 is 17.9 Å². The van der Waals surface area contributed by atoms with Crippen LogP contribution in [0.1, 0.15) is 25.3 Å². The number of nitrogens with zero attached hydrogens (tertiary/aromatic N) is 1. The highest BCUT2D eigenvalue weighted by Crippen LogP contribution is 2.40. The van der Waals surface area contributed by atoms with Gasteiger partial charge in [-0.25, -0.2) is 9.59 Å². The Morgan fingerprint density at radius 2 is 1.90 bits per heavy atom. The van der Waals surface area contributed by atoms with Crippen molar-refractivity contribution < 1.29 is 19.1 Å². The zero-order valence-electron chi connectivity index (χ0n) is 16.9. The Morgan fingerprint density at radius 1 is 1.23 bits per heavy atom. The first-order valence-electron chi connectivity index (χ1n) is 9.50. The van der Waals surface area contributed by atoms with Gasteiger partial charge >= 0.3 is 11.9 Å². The molecule has 0 saturated heterocycles. The number of nitriles is 1. The molecule has 0 bridgehead atoms. The average Bonchev–Trinajstić information content (AvgIpc) is 2.73. The second kappa shape index (κ2) is 11.6. The van der Waals surface area contributed by atoms with Gasteiger partial charge < -0.3 is 20.5 Å². The Balaban J connectivity index is 2.72. The van der Waals surface area contributed by atoms with Gasteiger partial charge in [0.15, 0.2) is 0 Å². The van der Waals surface area contributed by atoms with Crippen LogP contribution in [0.2, 0.25) is 5.02 Å². The van der Waals surface area contributed by atoms with Gasteiger partial charge in [0.2, 0.25) is 0 Å². The molecule has 1 aromatic rings. The van der Waals surface area contributed by atoms with Crippen molar-refractivity contribution in [1.29, 1.82) is 5.26 Å². The number of benzene rings is 1. The molecule has 30 heavy (non-hydrogen) atoms. The fourth-order valence-electron chi connectivity index (χ4n) is 3.11. The molecule has 0 amide bonds. The minimum absolute atomic E-state index is 0.0369. The summed E-state index contributed by atoms with van der Waals surface area (Å²) in [5.74, 6) is -1.05. The minimum atomic E-state index is -0.855. The molecule has 1 aliphatic heterocycles. The maximum Gasteiger partial charge on any atom is 0.337 e. The van der Waals surface area contributed by atoms with Gasteiger partial charge in [-0.1, -0.05) is 23.7 Å². The van der Waals surface area contributed by atoms with Crippen LogP contribution in [0.15, 0.2) is 46.8 Å². The predicted octanol–water partition coefficient (Wildman–Crippen LogP) is 2.88. The van der Waals surface area contributed by atoms with Crippen LogP contribution in [0.3, 0.4) is 0 Å². The summed E-state index contributed by atoms with van der Waals surface area (Å²) in [6.07, 6.45) is 0. The Morgan fingerprint density at radius 3 is 2.47 bits per heavy atom. The summed E-state index contributed by atoms with van der Waals surface area (Å²) in [7, 11) is 0. The standard InChI is InChI=1S/C21H24ClN3O4S/c1-3-28-20(26)18-15(11-24)25-16(12-30-9-8-23)19(21(27)29-4-2)17(18)13-6-5-7-14(22)10-13/h5-7,10,17,25H,3-4,8-9,12,23H2,1-2H3. The molecule has 0 aliphatic carbocycles. The largest absolute Gasteiger partial charge is 0.463 e. The van der Waals surface area contributed by atoms with E-state index in [-0.39, 0.29) is 30.1 Å². The Kier molecular flexibility index (Phi) is 9.24. The first kappa shape index (κ1) is 23.8. The third-order valence-corrected chi connectivity index (χ3v) is 5.49. The van der Waals surface area contributed by atoms with E-state index in [0.29, 0.717) is 34.3 Å². The Hall–Kier alpha value is -2.47. The maximum absolute atomic E-state index is 13.0. The van der Waals surface area contributed by atoms with Gasteiger partial charge in [0.25, 0.3) is 0 Å². The van der Waals surface area contributed by atoms with E-state index in [4.69, 9.17) is 26.8 Å². The molecule has 1 atom stereocenters. The normalized spacial score (nSPS) is 16.0. The van der Waals surface area contributed by atoms with E-state index >= 15 is 0 Å². The number of carbonyl (C=O) groups excluding carboxylic acids is 2. The fourth-order valence-corrected chi connectivity index (χ4v) is 4.05. The summed E-state index contributed by atoms with van der Waals surface area (Å²) in [5, 5.41) is 13.1. The summed E-state index contributed by atoms with van der Waals surface area (Å²) in [4.78, 5) is 25.8. The highest BCUT2D eigenvalue weighted by Gasteiger charge is 2.40. The van der Waals surface area contributed by atoms with Crippen LogP contribution in [0.5, 0.6) is 0 Å². The molecule has 3 N–H and O–H groups in total. The number of hydrogen-bond donors (Lipinski definition) is 2. The van der Waals surface area contributed by atoms with Crippen LogP contribution in [0, 0.1) is 11.3 Å². The lowest BCUT2D eigenvalue weighted by Crippen LogP contribution is -2.34. The molecule has 7 nitrogen and oxygen atoms in total. The van der Waals surface area contributed by atoms with Gasteiger partial charge in [0.1, 0.15) is 11.8 Å². The molecule has 0 radical (unpaired) electrons. The molecule has 2 rings (SSSR count). The third-order valence-electron chi connectivity index (χ3n) is 4.24. The van der Waals surface area contributed by atoms with Crippen LogP contribution in [0.25, 0.3) is 0 Å². The number of nitrogens with two attached hydrogens (primary N) is 1. The van der Waals surface area contributed by atoms with E-state index in [2.05, 4.69) is 5.32 Å². The highest BCUT2D eigenvalue weighted by atomic mass is 35.5. The summed E-state index contributed by atoms with van der Waals surface area (Å²) in [6.45, 7) is 4.14. The third kappa shape index (κ3) is 5.57. The van der Waals surface area contributed by atoms with Crippen LogP contribution in [-0.2, 0) is 19.1 Å². The quantitative estimate of drug-likeness (QED) is 0.437. The number of allylic oxidation sites excluding steroid dienone is 1.